The number of aromatic nitrogens is 2. The fourth-order valence-corrected chi connectivity index (χ4v) is 2.89. The number of para-hydroxylation sites is 2. The molecule has 164 valence electrons. The minimum absolute atomic E-state index is 0.0656. The summed E-state index contributed by atoms with van der Waals surface area (Å²) in [6.07, 6.45) is -0.220. The van der Waals surface area contributed by atoms with Crippen molar-refractivity contribution < 1.29 is 28.3 Å². The monoisotopic (exact) mass is 427 g/mol. The van der Waals surface area contributed by atoms with Crippen LogP contribution in [0, 0.1) is 0 Å². The Morgan fingerprint density at radius 2 is 1.77 bits per heavy atom. The van der Waals surface area contributed by atoms with Gasteiger partial charge in [-0.3, -0.25) is 4.79 Å². The highest BCUT2D eigenvalue weighted by molar-refractivity contribution is 5.81. The van der Waals surface area contributed by atoms with Gasteiger partial charge >= 0.3 is 0 Å². The molecule has 1 atom stereocenters. The molecule has 9 nitrogen and oxygen atoms in total. The van der Waals surface area contributed by atoms with E-state index in [9.17, 15) is 4.79 Å². The smallest absolute Gasteiger partial charge is 0.261 e. The Morgan fingerprint density at radius 3 is 2.45 bits per heavy atom. The van der Waals surface area contributed by atoms with Crippen molar-refractivity contribution >= 4 is 5.91 Å². The Balaban J connectivity index is 1.65. The predicted molar refractivity (Wildman–Crippen MR) is 112 cm³/mol. The molecule has 0 aliphatic rings. The van der Waals surface area contributed by atoms with E-state index in [1.165, 1.54) is 0 Å². The predicted octanol–water partition coefficient (Wildman–Crippen LogP) is 3.24. The van der Waals surface area contributed by atoms with Crippen molar-refractivity contribution in [1.29, 1.82) is 0 Å². The second-order valence-corrected chi connectivity index (χ2v) is 6.46. The van der Waals surface area contributed by atoms with Gasteiger partial charge in [0.15, 0.2) is 17.6 Å². The summed E-state index contributed by atoms with van der Waals surface area (Å²) in [6, 6.07) is 12.5. The van der Waals surface area contributed by atoms with Gasteiger partial charge in [0, 0.05) is 6.07 Å². The molecule has 2 aromatic carbocycles. The van der Waals surface area contributed by atoms with Gasteiger partial charge in [-0.25, -0.2) is 0 Å². The van der Waals surface area contributed by atoms with Gasteiger partial charge in [-0.15, -0.1) is 0 Å². The van der Waals surface area contributed by atoms with E-state index >= 15 is 0 Å². The molecule has 0 aliphatic heterocycles. The highest BCUT2D eigenvalue weighted by Gasteiger charge is 2.21. The van der Waals surface area contributed by atoms with Crippen molar-refractivity contribution in [2.75, 3.05) is 21.3 Å². The number of benzene rings is 2. The lowest BCUT2D eigenvalue weighted by Gasteiger charge is -2.18. The zero-order valence-electron chi connectivity index (χ0n) is 17.9. The fraction of sp³-hybridized carbons (Fsp3) is 0.318. The minimum Gasteiger partial charge on any atom is -0.497 e. The number of carbonyl (C=O) groups is 1. The maximum Gasteiger partial charge on any atom is 0.261 e. The van der Waals surface area contributed by atoms with Crippen LogP contribution in [0.1, 0.15) is 19.2 Å². The van der Waals surface area contributed by atoms with Crippen LogP contribution in [0.5, 0.6) is 23.0 Å². The van der Waals surface area contributed by atoms with Crippen LogP contribution < -0.4 is 24.3 Å². The normalized spacial score (nSPS) is 11.5. The topological polar surface area (TPSA) is 105 Å². The van der Waals surface area contributed by atoms with E-state index in [0.29, 0.717) is 40.8 Å². The van der Waals surface area contributed by atoms with E-state index in [0.717, 1.165) is 0 Å². The van der Waals surface area contributed by atoms with Crippen molar-refractivity contribution in [3.63, 3.8) is 0 Å². The highest BCUT2D eigenvalue weighted by Crippen LogP contribution is 2.31. The zero-order chi connectivity index (χ0) is 22.2. The number of amides is 1. The maximum atomic E-state index is 12.6. The number of nitrogens with one attached hydrogen (secondary N) is 1. The molecular weight excluding hydrogens is 402 g/mol. The largest absolute Gasteiger partial charge is 0.497 e. The van der Waals surface area contributed by atoms with Crippen LogP contribution >= 0.6 is 0 Å². The van der Waals surface area contributed by atoms with Crippen molar-refractivity contribution in [2.45, 2.75) is 26.0 Å². The lowest BCUT2D eigenvalue weighted by Crippen LogP contribution is -2.37. The first-order valence-corrected chi connectivity index (χ1v) is 9.72. The van der Waals surface area contributed by atoms with Crippen molar-refractivity contribution in [3.05, 3.63) is 48.4 Å². The van der Waals surface area contributed by atoms with Crippen molar-refractivity contribution in [2.24, 2.45) is 0 Å². The zero-order valence-corrected chi connectivity index (χ0v) is 17.9. The van der Waals surface area contributed by atoms with Gasteiger partial charge in [0.25, 0.3) is 5.91 Å². The molecule has 0 saturated heterocycles. The number of carbonyl (C=O) groups excluding carboxylic acids is 1. The molecule has 0 spiro atoms. The quantitative estimate of drug-likeness (QED) is 0.526. The first-order valence-electron chi connectivity index (χ1n) is 9.72. The second-order valence-electron chi connectivity index (χ2n) is 6.46. The SMILES string of the molecule is CC[C@@H](Oc1ccccc1OC)C(=O)NCc1nc(-c2ccc(OC)cc2OC)no1. The molecule has 0 fully saturated rings. The molecule has 0 unspecified atom stereocenters. The number of rotatable bonds is 10. The van der Waals surface area contributed by atoms with Crippen molar-refractivity contribution in [1.82, 2.24) is 15.5 Å². The van der Waals surface area contributed by atoms with Gasteiger partial charge in [0.1, 0.15) is 11.5 Å². The molecule has 0 aliphatic carbocycles. The molecular formula is C22H25N3O6. The second kappa shape index (κ2) is 10.3. The Morgan fingerprint density at radius 1 is 1.03 bits per heavy atom. The number of hydrogen-bond acceptors (Lipinski definition) is 8. The van der Waals surface area contributed by atoms with Crippen LogP contribution in [0.2, 0.25) is 0 Å². The molecule has 1 aromatic heterocycles. The molecule has 1 N–H and O–H groups in total. The van der Waals surface area contributed by atoms with E-state index in [2.05, 4.69) is 15.5 Å². The van der Waals surface area contributed by atoms with Gasteiger partial charge in [-0.05, 0) is 30.7 Å². The third kappa shape index (κ3) is 5.25. The summed E-state index contributed by atoms with van der Waals surface area (Å²) >= 11 is 0. The van der Waals surface area contributed by atoms with E-state index in [-0.39, 0.29) is 18.3 Å². The summed E-state index contributed by atoms with van der Waals surface area (Å²) in [4.78, 5) is 16.9. The summed E-state index contributed by atoms with van der Waals surface area (Å²) in [5.41, 5.74) is 0.649. The average molecular weight is 427 g/mol. The molecule has 0 radical (unpaired) electrons. The Kier molecular flexibility index (Phi) is 7.31. The van der Waals surface area contributed by atoms with Gasteiger partial charge in [-0.1, -0.05) is 24.2 Å². The Bertz CT molecular complexity index is 1020. The number of methoxy groups -OCH3 is 3. The Labute approximate surface area is 180 Å². The minimum atomic E-state index is -0.694. The van der Waals surface area contributed by atoms with E-state index < -0.39 is 6.10 Å². The number of nitrogens with zero attached hydrogens (tertiary/aromatic N) is 2. The van der Waals surface area contributed by atoms with Crippen LogP contribution in [0.3, 0.4) is 0 Å². The van der Waals surface area contributed by atoms with Gasteiger partial charge in [0.05, 0.1) is 33.4 Å². The third-order valence-electron chi connectivity index (χ3n) is 4.53. The average Bonchev–Trinajstić information content (AvgIpc) is 3.29. The summed E-state index contributed by atoms with van der Waals surface area (Å²) < 4.78 is 26.9. The number of hydrogen-bond donors (Lipinski definition) is 1. The molecule has 3 rings (SSSR count). The van der Waals surface area contributed by atoms with Gasteiger partial charge in [0.2, 0.25) is 11.7 Å². The highest BCUT2D eigenvalue weighted by atomic mass is 16.5. The Hall–Kier alpha value is -3.75. The summed E-state index contributed by atoms with van der Waals surface area (Å²) in [5.74, 6) is 2.57. The van der Waals surface area contributed by atoms with Gasteiger partial charge in [-0.2, -0.15) is 4.98 Å². The lowest BCUT2D eigenvalue weighted by atomic mass is 10.2. The van der Waals surface area contributed by atoms with E-state index in [1.807, 2.05) is 19.1 Å². The fourth-order valence-electron chi connectivity index (χ4n) is 2.89. The summed E-state index contributed by atoms with van der Waals surface area (Å²) in [7, 11) is 4.67. The van der Waals surface area contributed by atoms with Crippen LogP contribution in [0.15, 0.2) is 47.0 Å². The van der Waals surface area contributed by atoms with E-state index in [1.54, 1.807) is 51.7 Å². The number of ether oxygens (including phenoxy) is 4. The molecule has 0 saturated carbocycles. The van der Waals surface area contributed by atoms with Crippen LogP contribution in [0.25, 0.3) is 11.4 Å². The first-order chi connectivity index (χ1) is 15.1. The molecule has 3 aromatic rings. The summed E-state index contributed by atoms with van der Waals surface area (Å²) in [5, 5.41) is 6.75. The van der Waals surface area contributed by atoms with Gasteiger partial charge < -0.3 is 28.8 Å². The van der Waals surface area contributed by atoms with Crippen LogP contribution in [-0.4, -0.2) is 43.5 Å². The third-order valence-corrected chi connectivity index (χ3v) is 4.53. The molecule has 31 heavy (non-hydrogen) atoms. The molecule has 1 heterocycles. The molecule has 1 amide bonds. The molecule has 0 bridgehead atoms. The van der Waals surface area contributed by atoms with Crippen molar-refractivity contribution in [3.8, 4) is 34.4 Å². The molecule has 9 heteroatoms. The van der Waals surface area contributed by atoms with Crippen LogP contribution in [-0.2, 0) is 11.3 Å². The standard InChI is InChI=1S/C22H25N3O6/c1-5-16(30-18-9-7-6-8-17(18)28-3)22(26)23-13-20-24-21(25-31-20)15-11-10-14(27-2)12-19(15)29-4/h6-12,16H,5,13H2,1-4H3,(H,23,26)/t16-/m1/s1. The first kappa shape index (κ1) is 21.9. The lowest BCUT2D eigenvalue weighted by molar-refractivity contribution is -0.128. The maximum absolute atomic E-state index is 12.6. The van der Waals surface area contributed by atoms with E-state index in [4.69, 9.17) is 23.5 Å². The summed E-state index contributed by atoms with van der Waals surface area (Å²) in [6.45, 7) is 1.93. The van der Waals surface area contributed by atoms with Crippen LogP contribution in [0.4, 0.5) is 0 Å².